The second-order valence-electron chi connectivity index (χ2n) is 6.39. The SMILES string of the molecule is Cc1ccc(-c2cc(NC(=O)Cn3c(=O)c4c(ncn4C)n(C)c3=O)n[nH]2)s1. The highest BCUT2D eigenvalue weighted by atomic mass is 32.1. The fourth-order valence-electron chi connectivity index (χ4n) is 2.95. The van der Waals surface area contributed by atoms with Crippen LogP contribution in [0.2, 0.25) is 0 Å². The maximum atomic E-state index is 12.7. The first kappa shape index (κ1) is 17.9. The van der Waals surface area contributed by atoms with E-state index >= 15 is 0 Å². The van der Waals surface area contributed by atoms with E-state index in [1.54, 1.807) is 24.5 Å². The molecule has 10 nitrogen and oxygen atoms in total. The summed E-state index contributed by atoms with van der Waals surface area (Å²) in [6.07, 6.45) is 1.45. The molecule has 0 aliphatic rings. The van der Waals surface area contributed by atoms with Gasteiger partial charge in [0.1, 0.15) is 6.54 Å². The summed E-state index contributed by atoms with van der Waals surface area (Å²) in [5, 5.41) is 9.54. The first-order valence-electron chi connectivity index (χ1n) is 8.38. The Kier molecular flexibility index (Phi) is 4.23. The van der Waals surface area contributed by atoms with Gasteiger partial charge in [-0.2, -0.15) is 5.10 Å². The zero-order valence-electron chi connectivity index (χ0n) is 15.4. The van der Waals surface area contributed by atoms with Crippen LogP contribution in [0.4, 0.5) is 5.82 Å². The summed E-state index contributed by atoms with van der Waals surface area (Å²) >= 11 is 1.60. The van der Waals surface area contributed by atoms with Gasteiger partial charge in [-0.15, -0.1) is 11.3 Å². The van der Waals surface area contributed by atoms with Crippen LogP contribution in [-0.2, 0) is 25.4 Å². The standard InChI is InChI=1S/C17H17N7O3S/c1-9-4-5-11(28-9)10-6-12(21-20-10)19-13(25)7-24-16(26)14-15(18-8-22(14)2)23(3)17(24)27/h4-6,8H,7H2,1-3H3,(H2,19,20,21,25). The number of aryl methyl sites for hydroxylation is 3. The molecule has 0 radical (unpaired) electrons. The topological polar surface area (TPSA) is 120 Å². The van der Waals surface area contributed by atoms with E-state index in [1.165, 1.54) is 22.5 Å². The number of H-pyrrole nitrogens is 1. The number of fused-ring (bicyclic) bond motifs is 1. The van der Waals surface area contributed by atoms with Crippen LogP contribution in [-0.4, -0.2) is 34.8 Å². The van der Waals surface area contributed by atoms with E-state index < -0.39 is 23.7 Å². The summed E-state index contributed by atoms with van der Waals surface area (Å²) in [5.41, 5.74) is 0.133. The lowest BCUT2D eigenvalue weighted by Crippen LogP contribution is -2.42. The number of carbonyl (C=O) groups excluding carboxylic acids is 1. The van der Waals surface area contributed by atoms with Crippen molar-refractivity contribution in [3.8, 4) is 10.6 Å². The van der Waals surface area contributed by atoms with Crippen LogP contribution in [0.5, 0.6) is 0 Å². The molecule has 0 aliphatic heterocycles. The Morgan fingerprint density at radius 1 is 1.29 bits per heavy atom. The Hall–Kier alpha value is -3.47. The summed E-state index contributed by atoms with van der Waals surface area (Å²) in [7, 11) is 3.16. The van der Waals surface area contributed by atoms with Crippen molar-refractivity contribution < 1.29 is 4.79 Å². The highest BCUT2D eigenvalue weighted by Gasteiger charge is 2.17. The third kappa shape index (κ3) is 2.95. The molecule has 0 atom stereocenters. The Bertz CT molecular complexity index is 1320. The maximum Gasteiger partial charge on any atom is 0.332 e. The number of thiophene rings is 1. The molecular weight excluding hydrogens is 382 g/mol. The number of aromatic nitrogens is 6. The number of aromatic amines is 1. The van der Waals surface area contributed by atoms with Gasteiger partial charge >= 0.3 is 5.69 Å². The average molecular weight is 399 g/mol. The van der Waals surface area contributed by atoms with Gasteiger partial charge in [0.05, 0.1) is 16.9 Å². The van der Waals surface area contributed by atoms with Gasteiger partial charge in [-0.25, -0.2) is 14.3 Å². The molecule has 4 aromatic heterocycles. The predicted molar refractivity (Wildman–Crippen MR) is 105 cm³/mol. The molecular formula is C17H17N7O3S. The zero-order valence-corrected chi connectivity index (χ0v) is 16.2. The second kappa shape index (κ2) is 6.60. The van der Waals surface area contributed by atoms with E-state index in [9.17, 15) is 14.4 Å². The molecule has 0 fully saturated rings. The lowest BCUT2D eigenvalue weighted by atomic mass is 10.3. The van der Waals surface area contributed by atoms with Gasteiger partial charge < -0.3 is 9.88 Å². The van der Waals surface area contributed by atoms with Gasteiger partial charge in [-0.1, -0.05) is 0 Å². The molecule has 4 aromatic rings. The Balaban J connectivity index is 1.60. The molecule has 0 aliphatic carbocycles. The molecule has 4 rings (SSSR count). The number of hydrogen-bond acceptors (Lipinski definition) is 6. The third-order valence-electron chi connectivity index (χ3n) is 4.35. The van der Waals surface area contributed by atoms with E-state index in [0.29, 0.717) is 5.82 Å². The minimum atomic E-state index is -0.608. The van der Waals surface area contributed by atoms with Crippen LogP contribution in [0.25, 0.3) is 21.7 Å². The average Bonchev–Trinajstić information content (AvgIpc) is 3.37. The van der Waals surface area contributed by atoms with Gasteiger partial charge in [-0.3, -0.25) is 19.3 Å². The van der Waals surface area contributed by atoms with Crippen molar-refractivity contribution in [3.05, 3.63) is 50.2 Å². The minimum absolute atomic E-state index is 0.255. The summed E-state index contributed by atoms with van der Waals surface area (Å²) in [4.78, 5) is 43.8. The number of rotatable bonds is 4. The van der Waals surface area contributed by atoms with Gasteiger partial charge in [0.15, 0.2) is 17.0 Å². The number of nitrogens with zero attached hydrogens (tertiary/aromatic N) is 5. The first-order chi connectivity index (χ1) is 13.3. The fourth-order valence-corrected chi connectivity index (χ4v) is 3.79. The molecule has 144 valence electrons. The van der Waals surface area contributed by atoms with Crippen LogP contribution in [0, 0.1) is 6.92 Å². The number of hydrogen-bond donors (Lipinski definition) is 2. The summed E-state index contributed by atoms with van der Waals surface area (Å²) in [5.74, 6) is -0.210. The molecule has 0 aromatic carbocycles. The molecule has 1 amide bonds. The largest absolute Gasteiger partial charge is 0.332 e. The second-order valence-corrected chi connectivity index (χ2v) is 7.67. The number of anilines is 1. The third-order valence-corrected chi connectivity index (χ3v) is 5.39. The molecule has 11 heteroatoms. The molecule has 0 unspecified atom stereocenters. The van der Waals surface area contributed by atoms with Crippen molar-refractivity contribution in [1.29, 1.82) is 0 Å². The highest BCUT2D eigenvalue weighted by molar-refractivity contribution is 7.15. The van der Waals surface area contributed by atoms with Gasteiger partial charge in [0, 0.05) is 25.0 Å². The molecule has 4 heterocycles. The molecule has 0 bridgehead atoms. The number of nitrogens with one attached hydrogen (secondary N) is 2. The van der Waals surface area contributed by atoms with Crippen LogP contribution in [0.15, 0.2) is 34.1 Å². The smallest absolute Gasteiger partial charge is 0.328 e. The summed E-state index contributed by atoms with van der Waals surface area (Å²) < 4.78 is 3.65. The van der Waals surface area contributed by atoms with Crippen LogP contribution in [0.3, 0.4) is 0 Å². The minimum Gasteiger partial charge on any atom is -0.328 e. The van der Waals surface area contributed by atoms with Gasteiger partial charge in [0.2, 0.25) is 5.91 Å². The lowest BCUT2D eigenvalue weighted by molar-refractivity contribution is -0.116. The van der Waals surface area contributed by atoms with E-state index in [4.69, 9.17) is 0 Å². The van der Waals surface area contributed by atoms with Crippen LogP contribution in [0.1, 0.15) is 4.88 Å². The first-order valence-corrected chi connectivity index (χ1v) is 9.19. The van der Waals surface area contributed by atoms with Crippen molar-refractivity contribution in [2.45, 2.75) is 13.5 Å². The molecule has 0 spiro atoms. The molecule has 28 heavy (non-hydrogen) atoms. The number of carbonyl (C=O) groups is 1. The van der Waals surface area contributed by atoms with Gasteiger partial charge in [-0.05, 0) is 19.1 Å². The molecule has 0 saturated carbocycles. The predicted octanol–water partition coefficient (Wildman–Crippen LogP) is 0.832. The summed E-state index contributed by atoms with van der Waals surface area (Å²) in [6.45, 7) is 1.58. The van der Waals surface area contributed by atoms with E-state index in [2.05, 4.69) is 20.5 Å². The van der Waals surface area contributed by atoms with Crippen molar-refractivity contribution in [2.75, 3.05) is 5.32 Å². The summed E-state index contributed by atoms with van der Waals surface area (Å²) in [6, 6.07) is 5.66. The maximum absolute atomic E-state index is 12.7. The van der Waals surface area contributed by atoms with E-state index in [1.807, 2.05) is 19.1 Å². The fraction of sp³-hybridized carbons (Fsp3) is 0.235. The quantitative estimate of drug-likeness (QED) is 0.527. The molecule has 2 N–H and O–H groups in total. The monoisotopic (exact) mass is 399 g/mol. The Morgan fingerprint density at radius 2 is 2.07 bits per heavy atom. The van der Waals surface area contributed by atoms with E-state index in [0.717, 1.165) is 20.0 Å². The lowest BCUT2D eigenvalue weighted by Gasteiger charge is -2.08. The van der Waals surface area contributed by atoms with Crippen molar-refractivity contribution >= 4 is 34.2 Å². The Morgan fingerprint density at radius 3 is 2.79 bits per heavy atom. The van der Waals surface area contributed by atoms with Crippen LogP contribution < -0.4 is 16.6 Å². The van der Waals surface area contributed by atoms with E-state index in [-0.39, 0.29) is 11.2 Å². The van der Waals surface area contributed by atoms with Gasteiger partial charge in [0.25, 0.3) is 5.56 Å². The number of amides is 1. The van der Waals surface area contributed by atoms with Crippen molar-refractivity contribution in [3.63, 3.8) is 0 Å². The molecule has 0 saturated heterocycles. The zero-order chi connectivity index (χ0) is 20.0. The van der Waals surface area contributed by atoms with Crippen molar-refractivity contribution in [1.82, 2.24) is 28.9 Å². The normalized spacial score (nSPS) is 11.2. The van der Waals surface area contributed by atoms with Crippen LogP contribution >= 0.6 is 11.3 Å². The number of imidazole rings is 1. The van der Waals surface area contributed by atoms with Crippen molar-refractivity contribution in [2.24, 2.45) is 14.1 Å². The Labute approximate surface area is 162 Å². The highest BCUT2D eigenvalue weighted by Crippen LogP contribution is 2.27.